The van der Waals surface area contributed by atoms with Crippen LogP contribution in [-0.4, -0.2) is 6.61 Å². The van der Waals surface area contributed by atoms with Crippen molar-refractivity contribution < 1.29 is 9.13 Å². The smallest absolute Gasteiger partial charge is 0.127 e. The van der Waals surface area contributed by atoms with Gasteiger partial charge in [0.15, 0.2) is 0 Å². The van der Waals surface area contributed by atoms with E-state index in [1.165, 1.54) is 12.1 Å². The highest BCUT2D eigenvalue weighted by Crippen LogP contribution is 2.21. The van der Waals surface area contributed by atoms with Crippen LogP contribution < -0.4 is 4.74 Å². The van der Waals surface area contributed by atoms with E-state index < -0.39 is 0 Å². The zero-order chi connectivity index (χ0) is 12.2. The first-order valence-corrected chi connectivity index (χ1v) is 6.51. The van der Waals surface area contributed by atoms with Crippen molar-refractivity contribution in [3.05, 3.63) is 29.6 Å². The Bertz CT molecular complexity index is 344. The third kappa shape index (κ3) is 4.97. The standard InChI is InChI=1S/C13H18BrFO/c1-13(2,3)4-5-16-12-7-10(9-14)6-11(15)8-12/h6-8H,4-5,9H2,1-3H3. The number of ether oxygens (including phenoxy) is 1. The number of benzene rings is 1. The first-order valence-electron chi connectivity index (χ1n) is 5.39. The lowest BCUT2D eigenvalue weighted by molar-refractivity contribution is 0.242. The van der Waals surface area contributed by atoms with Crippen LogP contribution >= 0.6 is 15.9 Å². The predicted molar refractivity (Wildman–Crippen MR) is 68.6 cm³/mol. The number of halogens is 2. The van der Waals surface area contributed by atoms with Crippen molar-refractivity contribution in [1.29, 1.82) is 0 Å². The minimum atomic E-state index is -0.247. The van der Waals surface area contributed by atoms with Crippen molar-refractivity contribution in [3.8, 4) is 5.75 Å². The molecule has 0 saturated heterocycles. The summed E-state index contributed by atoms with van der Waals surface area (Å²) in [7, 11) is 0. The molecule has 0 bridgehead atoms. The van der Waals surface area contributed by atoms with Gasteiger partial charge >= 0.3 is 0 Å². The number of hydrogen-bond acceptors (Lipinski definition) is 1. The fourth-order valence-electron chi connectivity index (χ4n) is 1.26. The van der Waals surface area contributed by atoms with Crippen LogP contribution in [0, 0.1) is 11.2 Å². The van der Waals surface area contributed by atoms with E-state index in [4.69, 9.17) is 4.74 Å². The van der Waals surface area contributed by atoms with Gasteiger partial charge in [-0.05, 0) is 29.5 Å². The van der Waals surface area contributed by atoms with Gasteiger partial charge in [-0.25, -0.2) is 4.39 Å². The normalized spacial score (nSPS) is 11.6. The van der Waals surface area contributed by atoms with E-state index in [1.807, 2.05) is 6.07 Å². The summed E-state index contributed by atoms with van der Waals surface area (Å²) >= 11 is 3.30. The lowest BCUT2D eigenvalue weighted by Gasteiger charge is -2.18. The Labute approximate surface area is 105 Å². The average molecular weight is 289 g/mol. The SMILES string of the molecule is CC(C)(C)CCOc1cc(F)cc(CBr)c1. The van der Waals surface area contributed by atoms with Crippen molar-refractivity contribution >= 4 is 15.9 Å². The molecule has 90 valence electrons. The molecule has 0 spiro atoms. The summed E-state index contributed by atoms with van der Waals surface area (Å²) in [5.41, 5.74) is 1.14. The summed E-state index contributed by atoms with van der Waals surface area (Å²) in [5.74, 6) is 0.362. The van der Waals surface area contributed by atoms with Crippen molar-refractivity contribution in [2.24, 2.45) is 5.41 Å². The molecule has 0 aliphatic carbocycles. The van der Waals surface area contributed by atoms with Crippen LogP contribution in [0.25, 0.3) is 0 Å². The van der Waals surface area contributed by atoms with Crippen LogP contribution in [0.1, 0.15) is 32.8 Å². The van der Waals surface area contributed by atoms with E-state index in [2.05, 4.69) is 36.7 Å². The molecule has 1 aromatic carbocycles. The summed E-state index contributed by atoms with van der Waals surface area (Å²) in [6.45, 7) is 7.10. The lowest BCUT2D eigenvalue weighted by atomic mass is 9.93. The minimum absolute atomic E-state index is 0.242. The van der Waals surface area contributed by atoms with Gasteiger partial charge in [-0.2, -0.15) is 0 Å². The Hall–Kier alpha value is -0.570. The highest BCUT2D eigenvalue weighted by molar-refractivity contribution is 9.08. The molecule has 0 atom stereocenters. The highest BCUT2D eigenvalue weighted by Gasteiger charge is 2.10. The summed E-state index contributed by atoms with van der Waals surface area (Å²) in [5, 5.41) is 0.639. The van der Waals surface area contributed by atoms with Gasteiger partial charge in [0.2, 0.25) is 0 Å². The van der Waals surface area contributed by atoms with Gasteiger partial charge in [0.1, 0.15) is 11.6 Å². The Morgan fingerprint density at radius 3 is 2.50 bits per heavy atom. The molecular weight excluding hydrogens is 271 g/mol. The van der Waals surface area contributed by atoms with Crippen LogP contribution in [0.4, 0.5) is 4.39 Å². The van der Waals surface area contributed by atoms with Gasteiger partial charge in [-0.3, -0.25) is 0 Å². The first kappa shape index (κ1) is 13.5. The van der Waals surface area contributed by atoms with E-state index in [0.717, 1.165) is 12.0 Å². The van der Waals surface area contributed by atoms with Crippen molar-refractivity contribution in [2.75, 3.05) is 6.61 Å². The Balaban J connectivity index is 2.57. The summed E-state index contributed by atoms with van der Waals surface area (Å²) in [6.07, 6.45) is 0.952. The third-order valence-electron chi connectivity index (χ3n) is 2.21. The molecule has 0 saturated carbocycles. The second-order valence-electron chi connectivity index (χ2n) is 5.09. The van der Waals surface area contributed by atoms with Gasteiger partial charge in [-0.15, -0.1) is 0 Å². The molecule has 0 unspecified atom stereocenters. The molecule has 0 heterocycles. The maximum atomic E-state index is 13.2. The molecule has 1 rings (SSSR count). The summed E-state index contributed by atoms with van der Waals surface area (Å²) in [6, 6.07) is 4.79. The van der Waals surface area contributed by atoms with E-state index in [0.29, 0.717) is 17.7 Å². The van der Waals surface area contributed by atoms with Crippen molar-refractivity contribution in [2.45, 2.75) is 32.5 Å². The third-order valence-corrected chi connectivity index (χ3v) is 2.85. The maximum absolute atomic E-state index is 13.2. The Morgan fingerprint density at radius 1 is 1.25 bits per heavy atom. The van der Waals surface area contributed by atoms with Gasteiger partial charge in [0, 0.05) is 11.4 Å². The Morgan fingerprint density at radius 2 is 1.94 bits per heavy atom. The van der Waals surface area contributed by atoms with Crippen molar-refractivity contribution in [3.63, 3.8) is 0 Å². The van der Waals surface area contributed by atoms with Gasteiger partial charge < -0.3 is 4.74 Å². The maximum Gasteiger partial charge on any atom is 0.127 e. The molecule has 0 aliphatic rings. The average Bonchev–Trinajstić information content (AvgIpc) is 2.14. The second kappa shape index (κ2) is 5.67. The van der Waals surface area contributed by atoms with E-state index in [-0.39, 0.29) is 11.2 Å². The predicted octanol–water partition coefficient (Wildman–Crippen LogP) is 4.54. The number of rotatable bonds is 4. The van der Waals surface area contributed by atoms with Gasteiger partial charge in [0.05, 0.1) is 6.61 Å². The van der Waals surface area contributed by atoms with Crippen LogP contribution in [0.5, 0.6) is 5.75 Å². The largest absolute Gasteiger partial charge is 0.493 e. The van der Waals surface area contributed by atoms with Crippen molar-refractivity contribution in [1.82, 2.24) is 0 Å². The highest BCUT2D eigenvalue weighted by atomic mass is 79.9. The molecule has 0 aliphatic heterocycles. The molecule has 0 aromatic heterocycles. The summed E-state index contributed by atoms with van der Waals surface area (Å²) in [4.78, 5) is 0. The second-order valence-corrected chi connectivity index (χ2v) is 5.65. The molecule has 1 aromatic rings. The molecule has 1 nitrogen and oxygen atoms in total. The molecule has 16 heavy (non-hydrogen) atoms. The zero-order valence-electron chi connectivity index (χ0n) is 10.0. The molecule has 0 N–H and O–H groups in total. The van der Waals surface area contributed by atoms with E-state index in [1.54, 1.807) is 0 Å². The van der Waals surface area contributed by atoms with E-state index >= 15 is 0 Å². The van der Waals surface area contributed by atoms with Gasteiger partial charge in [0.25, 0.3) is 0 Å². The number of hydrogen-bond donors (Lipinski definition) is 0. The minimum Gasteiger partial charge on any atom is -0.493 e. The zero-order valence-corrected chi connectivity index (χ0v) is 11.6. The Kier molecular flexibility index (Phi) is 4.78. The van der Waals surface area contributed by atoms with Crippen LogP contribution in [0.15, 0.2) is 18.2 Å². The first-order chi connectivity index (χ1) is 7.40. The quantitative estimate of drug-likeness (QED) is 0.740. The van der Waals surface area contributed by atoms with E-state index in [9.17, 15) is 4.39 Å². The molecular formula is C13H18BrFO. The molecule has 0 amide bonds. The van der Waals surface area contributed by atoms with Gasteiger partial charge in [-0.1, -0.05) is 36.7 Å². The topological polar surface area (TPSA) is 9.23 Å². The fourth-order valence-corrected chi connectivity index (χ4v) is 1.58. The molecule has 3 heteroatoms. The van der Waals surface area contributed by atoms with Crippen LogP contribution in [0.3, 0.4) is 0 Å². The molecule has 0 fully saturated rings. The fraction of sp³-hybridized carbons (Fsp3) is 0.538. The van der Waals surface area contributed by atoms with Crippen LogP contribution in [-0.2, 0) is 5.33 Å². The molecule has 0 radical (unpaired) electrons. The van der Waals surface area contributed by atoms with Crippen LogP contribution in [0.2, 0.25) is 0 Å². The number of alkyl halides is 1. The summed E-state index contributed by atoms with van der Waals surface area (Å²) < 4.78 is 18.7. The monoisotopic (exact) mass is 288 g/mol. The lowest BCUT2D eigenvalue weighted by Crippen LogP contribution is -2.11.